The van der Waals surface area contributed by atoms with E-state index < -0.39 is 0 Å². The average molecular weight is 252 g/mol. The monoisotopic (exact) mass is 251 g/mol. The molecule has 0 aliphatic heterocycles. The molecule has 2 aromatic rings. The summed E-state index contributed by atoms with van der Waals surface area (Å²) in [7, 11) is 2.03. The molecular weight excluding hydrogens is 238 g/mol. The van der Waals surface area contributed by atoms with Crippen molar-refractivity contribution in [2.45, 2.75) is 20.0 Å². The molecule has 0 radical (unpaired) electrons. The highest BCUT2D eigenvalue weighted by Gasteiger charge is 2.07. The first-order chi connectivity index (χ1) is 8.15. The van der Waals surface area contributed by atoms with E-state index in [9.17, 15) is 0 Å². The average Bonchev–Trinajstić information content (AvgIpc) is 2.68. The SMILES string of the molecule is Cc1occc1CN(C)Cc1ccc(Cl)nn1. The number of nitrogens with zero attached hydrogens (tertiary/aromatic N) is 3. The smallest absolute Gasteiger partial charge is 0.151 e. The molecule has 0 N–H and O–H groups in total. The number of halogens is 1. The van der Waals surface area contributed by atoms with Gasteiger partial charge in [-0.1, -0.05) is 11.6 Å². The minimum Gasteiger partial charge on any atom is -0.469 e. The van der Waals surface area contributed by atoms with E-state index in [0.717, 1.165) is 24.5 Å². The van der Waals surface area contributed by atoms with Gasteiger partial charge in [-0.15, -0.1) is 5.10 Å². The number of furan rings is 1. The Morgan fingerprint density at radius 2 is 2.06 bits per heavy atom. The third-order valence-electron chi connectivity index (χ3n) is 2.53. The Bertz CT molecular complexity index is 481. The summed E-state index contributed by atoms with van der Waals surface area (Å²) in [4.78, 5) is 2.15. The van der Waals surface area contributed by atoms with E-state index in [1.165, 1.54) is 5.56 Å². The van der Waals surface area contributed by atoms with Crippen molar-refractivity contribution >= 4 is 11.6 Å². The van der Waals surface area contributed by atoms with Crippen LogP contribution in [0.25, 0.3) is 0 Å². The normalized spacial score (nSPS) is 11.1. The van der Waals surface area contributed by atoms with Gasteiger partial charge in [0.2, 0.25) is 0 Å². The summed E-state index contributed by atoms with van der Waals surface area (Å²) < 4.78 is 5.26. The molecule has 0 bridgehead atoms. The lowest BCUT2D eigenvalue weighted by molar-refractivity contribution is 0.311. The maximum Gasteiger partial charge on any atom is 0.151 e. The van der Waals surface area contributed by atoms with Gasteiger partial charge in [0, 0.05) is 18.7 Å². The van der Waals surface area contributed by atoms with Crippen LogP contribution < -0.4 is 0 Å². The standard InChI is InChI=1S/C12H14ClN3O/c1-9-10(5-6-17-9)7-16(2)8-11-3-4-12(13)15-14-11/h3-6H,7-8H2,1-2H3. The molecule has 2 rings (SSSR count). The molecule has 0 fully saturated rings. The maximum absolute atomic E-state index is 5.68. The highest BCUT2D eigenvalue weighted by molar-refractivity contribution is 6.29. The first-order valence-electron chi connectivity index (χ1n) is 5.35. The Balaban J connectivity index is 1.95. The second-order valence-electron chi connectivity index (χ2n) is 4.02. The Morgan fingerprint density at radius 1 is 1.24 bits per heavy atom. The number of rotatable bonds is 4. The van der Waals surface area contributed by atoms with Crippen LogP contribution >= 0.6 is 11.6 Å². The van der Waals surface area contributed by atoms with Gasteiger partial charge in [0.1, 0.15) is 5.76 Å². The summed E-state index contributed by atoms with van der Waals surface area (Å²) in [5.41, 5.74) is 2.09. The van der Waals surface area contributed by atoms with Gasteiger partial charge < -0.3 is 4.42 Å². The zero-order chi connectivity index (χ0) is 12.3. The second kappa shape index (κ2) is 5.29. The van der Waals surface area contributed by atoms with Crippen LogP contribution in [-0.2, 0) is 13.1 Å². The Hall–Kier alpha value is -1.39. The quantitative estimate of drug-likeness (QED) is 0.838. The van der Waals surface area contributed by atoms with Crippen LogP contribution in [0.3, 0.4) is 0 Å². The number of aryl methyl sites for hydroxylation is 1. The zero-order valence-electron chi connectivity index (χ0n) is 9.85. The van der Waals surface area contributed by atoms with Crippen molar-refractivity contribution in [2.75, 3.05) is 7.05 Å². The molecule has 0 aliphatic carbocycles. The largest absolute Gasteiger partial charge is 0.469 e. The topological polar surface area (TPSA) is 42.2 Å². The fraction of sp³-hybridized carbons (Fsp3) is 0.333. The predicted octanol–water partition coefficient (Wildman–Crippen LogP) is 2.66. The van der Waals surface area contributed by atoms with E-state index in [0.29, 0.717) is 5.15 Å². The molecule has 17 heavy (non-hydrogen) atoms. The fourth-order valence-electron chi connectivity index (χ4n) is 1.63. The fourth-order valence-corrected chi connectivity index (χ4v) is 1.73. The molecule has 0 amide bonds. The summed E-state index contributed by atoms with van der Waals surface area (Å²) in [5, 5.41) is 8.26. The molecule has 90 valence electrons. The van der Waals surface area contributed by atoms with E-state index >= 15 is 0 Å². The number of hydrogen-bond donors (Lipinski definition) is 0. The van der Waals surface area contributed by atoms with E-state index in [-0.39, 0.29) is 0 Å². The van der Waals surface area contributed by atoms with Crippen LogP contribution in [0.2, 0.25) is 5.15 Å². The van der Waals surface area contributed by atoms with E-state index in [2.05, 4.69) is 15.1 Å². The molecule has 0 unspecified atom stereocenters. The summed E-state index contributed by atoms with van der Waals surface area (Å²) in [6.45, 7) is 3.52. The van der Waals surface area contributed by atoms with Crippen molar-refractivity contribution in [1.82, 2.24) is 15.1 Å². The van der Waals surface area contributed by atoms with Crippen LogP contribution in [0.5, 0.6) is 0 Å². The van der Waals surface area contributed by atoms with Crippen LogP contribution in [0.4, 0.5) is 0 Å². The second-order valence-corrected chi connectivity index (χ2v) is 4.41. The maximum atomic E-state index is 5.68. The van der Waals surface area contributed by atoms with Crippen molar-refractivity contribution < 1.29 is 4.42 Å². The van der Waals surface area contributed by atoms with Crippen LogP contribution in [0.1, 0.15) is 17.0 Å². The molecule has 5 heteroatoms. The van der Waals surface area contributed by atoms with Crippen LogP contribution in [0.15, 0.2) is 28.9 Å². The van der Waals surface area contributed by atoms with Crippen molar-refractivity contribution in [3.8, 4) is 0 Å². The minimum absolute atomic E-state index is 0.419. The molecule has 2 aromatic heterocycles. The van der Waals surface area contributed by atoms with Crippen molar-refractivity contribution in [1.29, 1.82) is 0 Å². The Kier molecular flexibility index (Phi) is 3.76. The third-order valence-corrected chi connectivity index (χ3v) is 2.73. The lowest BCUT2D eigenvalue weighted by Crippen LogP contribution is -2.18. The lowest BCUT2D eigenvalue weighted by Gasteiger charge is -2.15. The van der Waals surface area contributed by atoms with Gasteiger partial charge in [-0.05, 0) is 32.2 Å². The Morgan fingerprint density at radius 3 is 2.65 bits per heavy atom. The molecule has 0 aromatic carbocycles. The van der Waals surface area contributed by atoms with E-state index in [4.69, 9.17) is 16.0 Å². The van der Waals surface area contributed by atoms with Crippen molar-refractivity contribution in [2.24, 2.45) is 0 Å². The molecule has 0 aliphatic rings. The Labute approximate surface area is 105 Å². The molecule has 0 spiro atoms. The van der Waals surface area contributed by atoms with Crippen molar-refractivity contribution in [3.63, 3.8) is 0 Å². The molecule has 2 heterocycles. The predicted molar refractivity (Wildman–Crippen MR) is 65.7 cm³/mol. The zero-order valence-corrected chi connectivity index (χ0v) is 10.6. The highest BCUT2D eigenvalue weighted by atomic mass is 35.5. The van der Waals surface area contributed by atoms with Gasteiger partial charge >= 0.3 is 0 Å². The van der Waals surface area contributed by atoms with Gasteiger partial charge in [0.05, 0.1) is 12.0 Å². The van der Waals surface area contributed by atoms with Gasteiger partial charge in [-0.25, -0.2) is 0 Å². The molecule has 0 saturated heterocycles. The molecule has 0 atom stereocenters. The van der Waals surface area contributed by atoms with Crippen molar-refractivity contribution in [3.05, 3.63) is 46.6 Å². The number of hydrogen-bond acceptors (Lipinski definition) is 4. The number of aromatic nitrogens is 2. The molecule has 0 saturated carbocycles. The summed E-state index contributed by atoms with van der Waals surface area (Å²) in [6.07, 6.45) is 1.71. The van der Waals surface area contributed by atoms with E-state index in [1.807, 2.05) is 26.1 Å². The summed E-state index contributed by atoms with van der Waals surface area (Å²) >= 11 is 5.68. The molecular formula is C12H14ClN3O. The van der Waals surface area contributed by atoms with Gasteiger partial charge in [-0.3, -0.25) is 4.90 Å². The van der Waals surface area contributed by atoms with E-state index in [1.54, 1.807) is 12.3 Å². The summed E-state index contributed by atoms with van der Waals surface area (Å²) in [5.74, 6) is 0.957. The third kappa shape index (κ3) is 3.28. The first-order valence-corrected chi connectivity index (χ1v) is 5.72. The van der Waals surface area contributed by atoms with Gasteiger partial charge in [-0.2, -0.15) is 5.10 Å². The first kappa shape index (κ1) is 12.1. The van der Waals surface area contributed by atoms with Gasteiger partial charge in [0.25, 0.3) is 0 Å². The molecule has 4 nitrogen and oxygen atoms in total. The highest BCUT2D eigenvalue weighted by Crippen LogP contribution is 2.12. The van der Waals surface area contributed by atoms with Crippen LogP contribution in [0, 0.1) is 6.92 Å². The summed E-state index contributed by atoms with van der Waals surface area (Å²) in [6, 6.07) is 5.62. The van der Waals surface area contributed by atoms with Gasteiger partial charge in [0.15, 0.2) is 5.15 Å². The minimum atomic E-state index is 0.419. The lowest BCUT2D eigenvalue weighted by atomic mass is 10.2. The van der Waals surface area contributed by atoms with Crippen LogP contribution in [-0.4, -0.2) is 22.1 Å².